The van der Waals surface area contributed by atoms with E-state index in [1.54, 1.807) is 11.4 Å². The third kappa shape index (κ3) is 4.59. The van der Waals surface area contributed by atoms with Gasteiger partial charge in [0.25, 0.3) is 0 Å². The summed E-state index contributed by atoms with van der Waals surface area (Å²) in [5.41, 5.74) is 0.484. The molecule has 0 atom stereocenters. The van der Waals surface area contributed by atoms with Crippen molar-refractivity contribution >= 4 is 27.3 Å². The van der Waals surface area contributed by atoms with Crippen LogP contribution < -0.4 is 4.72 Å². The summed E-state index contributed by atoms with van der Waals surface area (Å²) in [5.74, 6) is -0.941. The van der Waals surface area contributed by atoms with Gasteiger partial charge in [0.05, 0.1) is 17.1 Å². The van der Waals surface area contributed by atoms with E-state index in [1.165, 1.54) is 29.8 Å². The van der Waals surface area contributed by atoms with E-state index in [1.807, 2.05) is 0 Å². The van der Waals surface area contributed by atoms with Crippen LogP contribution in [0.4, 0.5) is 0 Å². The quantitative estimate of drug-likeness (QED) is 0.774. The highest BCUT2D eigenvalue weighted by Gasteiger charge is 2.13. The van der Waals surface area contributed by atoms with Gasteiger partial charge in [-0.3, -0.25) is 9.78 Å². The van der Waals surface area contributed by atoms with Gasteiger partial charge in [0, 0.05) is 30.7 Å². The molecular weight excluding hydrogens is 314 g/mol. The van der Waals surface area contributed by atoms with Crippen LogP contribution >= 0.6 is 11.3 Å². The number of hydrogen-bond donors (Lipinski definition) is 2. The standard InChI is InChI=1S/C12H13N3O4S2/c16-12(17)6-9-8-20-11(15-9)3-5-14-21(18,19)10-2-1-4-13-7-10/h1-2,4,7-8,14H,3,5-6H2,(H,16,17). The maximum absolute atomic E-state index is 11.9. The molecule has 2 rings (SSSR count). The molecule has 0 aliphatic heterocycles. The smallest absolute Gasteiger partial charge is 0.309 e. The third-order valence-electron chi connectivity index (χ3n) is 2.51. The van der Waals surface area contributed by atoms with Gasteiger partial charge in [0.15, 0.2) is 0 Å². The molecule has 0 unspecified atom stereocenters. The van der Waals surface area contributed by atoms with Gasteiger partial charge in [0.2, 0.25) is 10.0 Å². The van der Waals surface area contributed by atoms with Gasteiger partial charge >= 0.3 is 5.97 Å². The highest BCUT2D eigenvalue weighted by molar-refractivity contribution is 7.89. The molecule has 2 aromatic rings. The van der Waals surface area contributed by atoms with Gasteiger partial charge in [-0.1, -0.05) is 0 Å². The van der Waals surface area contributed by atoms with E-state index in [4.69, 9.17) is 5.11 Å². The first-order chi connectivity index (χ1) is 9.97. The largest absolute Gasteiger partial charge is 0.481 e. The SMILES string of the molecule is O=C(O)Cc1csc(CCNS(=O)(=O)c2cccnc2)n1. The van der Waals surface area contributed by atoms with Crippen LogP contribution in [0.1, 0.15) is 10.7 Å². The molecule has 0 amide bonds. The van der Waals surface area contributed by atoms with Gasteiger partial charge in [-0.15, -0.1) is 11.3 Å². The number of aromatic nitrogens is 2. The average Bonchev–Trinajstić information content (AvgIpc) is 2.86. The van der Waals surface area contributed by atoms with E-state index in [9.17, 15) is 13.2 Å². The summed E-state index contributed by atoms with van der Waals surface area (Å²) in [6.45, 7) is 0.192. The molecule has 0 aliphatic rings. The molecule has 9 heteroatoms. The van der Waals surface area contributed by atoms with Gasteiger partial charge in [-0.2, -0.15) is 0 Å². The van der Waals surface area contributed by atoms with Gasteiger partial charge in [0.1, 0.15) is 4.90 Å². The zero-order valence-corrected chi connectivity index (χ0v) is 12.5. The fourth-order valence-corrected chi connectivity index (χ4v) is 3.37. The Morgan fingerprint density at radius 1 is 1.43 bits per heavy atom. The molecule has 7 nitrogen and oxygen atoms in total. The molecule has 0 saturated carbocycles. The van der Waals surface area contributed by atoms with Crippen molar-refractivity contribution in [3.8, 4) is 0 Å². The number of rotatable bonds is 7. The number of sulfonamides is 1. The number of pyridine rings is 1. The first kappa shape index (κ1) is 15.5. The van der Waals surface area contributed by atoms with Crippen LogP contribution in [0.15, 0.2) is 34.8 Å². The second kappa shape index (κ2) is 6.74. The van der Waals surface area contributed by atoms with E-state index in [2.05, 4.69) is 14.7 Å². The Balaban J connectivity index is 1.89. The molecule has 0 spiro atoms. The summed E-state index contributed by atoms with van der Waals surface area (Å²) in [4.78, 5) is 18.6. The maximum Gasteiger partial charge on any atom is 0.309 e. The average molecular weight is 327 g/mol. The third-order valence-corrected chi connectivity index (χ3v) is 4.91. The van der Waals surface area contributed by atoms with Crippen molar-refractivity contribution in [1.29, 1.82) is 0 Å². The van der Waals surface area contributed by atoms with Gasteiger partial charge < -0.3 is 5.11 Å². The minimum Gasteiger partial charge on any atom is -0.481 e. The molecule has 21 heavy (non-hydrogen) atoms. The Kier molecular flexibility index (Phi) is 4.99. The highest BCUT2D eigenvalue weighted by Crippen LogP contribution is 2.11. The molecule has 0 fully saturated rings. The molecule has 2 N–H and O–H groups in total. The topological polar surface area (TPSA) is 109 Å². The number of thiazole rings is 1. The number of nitrogens with one attached hydrogen (secondary N) is 1. The van der Waals surface area contributed by atoms with Crippen molar-refractivity contribution in [1.82, 2.24) is 14.7 Å². The number of hydrogen-bond acceptors (Lipinski definition) is 6. The van der Waals surface area contributed by atoms with E-state index in [-0.39, 0.29) is 17.9 Å². The van der Waals surface area contributed by atoms with Crippen LogP contribution in [-0.2, 0) is 27.7 Å². The van der Waals surface area contributed by atoms with E-state index in [0.717, 1.165) is 0 Å². The van der Waals surface area contributed by atoms with Crippen molar-refractivity contribution in [2.24, 2.45) is 0 Å². The molecule has 112 valence electrons. The first-order valence-corrected chi connectivity index (χ1v) is 8.38. The second-order valence-electron chi connectivity index (χ2n) is 4.14. The minimum absolute atomic E-state index is 0.107. The molecule has 2 aromatic heterocycles. The Bertz CT molecular complexity index is 713. The Morgan fingerprint density at radius 3 is 2.90 bits per heavy atom. The zero-order valence-electron chi connectivity index (χ0n) is 10.9. The molecular formula is C12H13N3O4S2. The normalized spacial score (nSPS) is 11.4. The lowest BCUT2D eigenvalue weighted by molar-refractivity contribution is -0.136. The summed E-state index contributed by atoms with van der Waals surface area (Å²) in [6.07, 6.45) is 3.05. The van der Waals surface area contributed by atoms with Crippen molar-refractivity contribution in [3.05, 3.63) is 40.6 Å². The van der Waals surface area contributed by atoms with Crippen LogP contribution in [0.2, 0.25) is 0 Å². The molecule has 0 saturated heterocycles. The van der Waals surface area contributed by atoms with E-state index < -0.39 is 16.0 Å². The molecule has 2 heterocycles. The van der Waals surface area contributed by atoms with Crippen LogP contribution in [0.25, 0.3) is 0 Å². The number of carboxylic acid groups (broad SMARTS) is 1. The predicted molar refractivity (Wildman–Crippen MR) is 76.6 cm³/mol. The van der Waals surface area contributed by atoms with Crippen LogP contribution in [0.5, 0.6) is 0 Å². The van der Waals surface area contributed by atoms with Gasteiger partial charge in [-0.25, -0.2) is 18.1 Å². The molecule has 0 bridgehead atoms. The van der Waals surface area contributed by atoms with Crippen molar-refractivity contribution < 1.29 is 18.3 Å². The number of nitrogens with zero attached hydrogens (tertiary/aromatic N) is 2. The summed E-state index contributed by atoms with van der Waals surface area (Å²) in [7, 11) is -3.57. The Labute approximate surface area is 125 Å². The number of aliphatic carboxylic acids is 1. The molecule has 0 aromatic carbocycles. The predicted octanol–water partition coefficient (Wildman–Crippen LogP) is 0.686. The summed E-state index contributed by atoms with van der Waals surface area (Å²) >= 11 is 1.32. The fraction of sp³-hybridized carbons (Fsp3) is 0.250. The highest BCUT2D eigenvalue weighted by atomic mass is 32.2. The van der Waals surface area contributed by atoms with Crippen molar-refractivity contribution in [2.75, 3.05) is 6.54 Å². The Morgan fingerprint density at radius 2 is 2.24 bits per heavy atom. The lowest BCUT2D eigenvalue weighted by Gasteiger charge is -2.04. The van der Waals surface area contributed by atoms with Crippen LogP contribution in [-0.4, -0.2) is 36.0 Å². The molecule has 0 radical (unpaired) electrons. The summed E-state index contributed by atoms with van der Waals surface area (Å²) < 4.78 is 26.3. The van der Waals surface area contributed by atoms with Crippen LogP contribution in [0.3, 0.4) is 0 Å². The zero-order chi connectivity index (χ0) is 15.3. The summed E-state index contributed by atoms with van der Waals surface area (Å²) in [5, 5.41) is 11.0. The van der Waals surface area contributed by atoms with E-state index >= 15 is 0 Å². The van der Waals surface area contributed by atoms with E-state index in [0.29, 0.717) is 17.1 Å². The molecule has 0 aliphatic carbocycles. The second-order valence-corrected chi connectivity index (χ2v) is 6.85. The Hall–Kier alpha value is -1.84. The number of carboxylic acids is 1. The lowest BCUT2D eigenvalue weighted by atomic mass is 10.3. The van der Waals surface area contributed by atoms with Crippen molar-refractivity contribution in [2.45, 2.75) is 17.7 Å². The summed E-state index contributed by atoms with van der Waals surface area (Å²) in [6, 6.07) is 3.01. The monoisotopic (exact) mass is 327 g/mol. The lowest BCUT2D eigenvalue weighted by Crippen LogP contribution is -2.26. The fourth-order valence-electron chi connectivity index (χ4n) is 1.58. The maximum atomic E-state index is 11.9. The van der Waals surface area contributed by atoms with Crippen LogP contribution in [0, 0.1) is 0 Å². The van der Waals surface area contributed by atoms with Crippen molar-refractivity contribution in [3.63, 3.8) is 0 Å². The first-order valence-electron chi connectivity index (χ1n) is 6.02. The minimum atomic E-state index is -3.57. The van der Waals surface area contributed by atoms with Gasteiger partial charge in [-0.05, 0) is 12.1 Å². The number of carbonyl (C=O) groups is 1.